The number of imidazole rings is 1. The number of hydrogen-bond donors (Lipinski definition) is 0. The van der Waals surface area contributed by atoms with Gasteiger partial charge in [0.25, 0.3) is 0 Å². The molecule has 0 aliphatic rings. The number of rotatable bonds is 5. The molecule has 0 radical (unpaired) electrons. The Labute approximate surface area is 150 Å². The fourth-order valence-electron chi connectivity index (χ4n) is 2.85. The van der Waals surface area contributed by atoms with Crippen molar-refractivity contribution in [3.05, 3.63) is 102 Å². The number of ether oxygens (including phenoxy) is 1. The van der Waals surface area contributed by atoms with Gasteiger partial charge >= 0.3 is 5.97 Å². The average Bonchev–Trinajstić information content (AvgIpc) is 3.09. The van der Waals surface area contributed by atoms with E-state index in [0.29, 0.717) is 11.4 Å². The number of carbonyl (C=O) groups is 1. The quantitative estimate of drug-likeness (QED) is 0.520. The van der Waals surface area contributed by atoms with Crippen molar-refractivity contribution < 1.29 is 9.53 Å². The number of hydrogen-bond acceptors (Lipinski definition) is 4. The van der Waals surface area contributed by atoms with Gasteiger partial charge in [-0.1, -0.05) is 42.5 Å². The molecule has 4 rings (SSSR count). The van der Waals surface area contributed by atoms with E-state index in [-0.39, 0.29) is 12.4 Å². The molecular formula is C21H17N3O2. The topological polar surface area (TPSA) is 56.5 Å². The standard InChI is InChI=1S/C21H17N3O2/c25-20(14-17-15-24-13-7-5-11-19(24)23-17)26-21(16-8-2-1-3-9-16)18-10-4-6-12-22-18/h1-13,15,21H,14H2/t21-/m0/s1. The molecule has 3 aromatic heterocycles. The largest absolute Gasteiger partial charge is 0.451 e. The van der Waals surface area contributed by atoms with Crippen molar-refractivity contribution in [2.24, 2.45) is 0 Å². The minimum Gasteiger partial charge on any atom is -0.451 e. The lowest BCUT2D eigenvalue weighted by Crippen LogP contribution is -2.15. The molecule has 4 aromatic rings. The molecular weight excluding hydrogens is 326 g/mol. The third-order valence-electron chi connectivity index (χ3n) is 4.05. The summed E-state index contributed by atoms with van der Waals surface area (Å²) in [6, 6.07) is 20.9. The van der Waals surface area contributed by atoms with E-state index in [1.807, 2.05) is 83.5 Å². The van der Waals surface area contributed by atoms with Crippen LogP contribution in [0.25, 0.3) is 5.65 Å². The molecule has 26 heavy (non-hydrogen) atoms. The first-order valence-corrected chi connectivity index (χ1v) is 8.37. The molecule has 0 N–H and O–H groups in total. The lowest BCUT2D eigenvalue weighted by molar-refractivity contribution is -0.146. The second kappa shape index (κ2) is 7.19. The van der Waals surface area contributed by atoms with Gasteiger partial charge in [0, 0.05) is 18.6 Å². The zero-order chi connectivity index (χ0) is 17.8. The van der Waals surface area contributed by atoms with Crippen LogP contribution in [0.15, 0.2) is 85.3 Å². The lowest BCUT2D eigenvalue weighted by atomic mass is 10.1. The highest BCUT2D eigenvalue weighted by Crippen LogP contribution is 2.24. The first kappa shape index (κ1) is 16.0. The minimum absolute atomic E-state index is 0.109. The van der Waals surface area contributed by atoms with Gasteiger partial charge in [0.2, 0.25) is 0 Å². The van der Waals surface area contributed by atoms with E-state index < -0.39 is 6.10 Å². The van der Waals surface area contributed by atoms with Crippen LogP contribution >= 0.6 is 0 Å². The van der Waals surface area contributed by atoms with Gasteiger partial charge in [0.15, 0.2) is 6.10 Å². The van der Waals surface area contributed by atoms with E-state index in [9.17, 15) is 4.79 Å². The van der Waals surface area contributed by atoms with Crippen LogP contribution < -0.4 is 0 Å². The average molecular weight is 343 g/mol. The van der Waals surface area contributed by atoms with Crippen LogP contribution in [-0.4, -0.2) is 20.3 Å². The Bertz CT molecular complexity index is 941. The molecule has 0 saturated heterocycles. The number of carbonyl (C=O) groups excluding carboxylic acids is 1. The number of esters is 1. The molecule has 0 aliphatic heterocycles. The number of nitrogens with zero attached hydrogens (tertiary/aromatic N) is 3. The van der Waals surface area contributed by atoms with Crippen LogP contribution in [0.5, 0.6) is 0 Å². The van der Waals surface area contributed by atoms with Crippen LogP contribution in [0.1, 0.15) is 23.1 Å². The molecule has 5 nitrogen and oxygen atoms in total. The van der Waals surface area contributed by atoms with E-state index in [2.05, 4.69) is 9.97 Å². The maximum absolute atomic E-state index is 12.5. The van der Waals surface area contributed by atoms with Gasteiger partial charge < -0.3 is 9.14 Å². The Balaban J connectivity index is 1.56. The summed E-state index contributed by atoms with van der Waals surface area (Å²) in [6.45, 7) is 0. The second-order valence-electron chi connectivity index (χ2n) is 5.91. The summed E-state index contributed by atoms with van der Waals surface area (Å²) in [5.74, 6) is -0.340. The second-order valence-corrected chi connectivity index (χ2v) is 5.91. The van der Waals surface area contributed by atoms with E-state index in [1.165, 1.54) is 0 Å². The SMILES string of the molecule is O=C(Cc1cn2ccccc2n1)O[C@@H](c1ccccc1)c1ccccn1. The summed E-state index contributed by atoms with van der Waals surface area (Å²) in [6.07, 6.45) is 5.01. The number of pyridine rings is 2. The molecule has 0 unspecified atom stereocenters. The van der Waals surface area contributed by atoms with Gasteiger partial charge in [0.1, 0.15) is 5.65 Å². The van der Waals surface area contributed by atoms with Gasteiger partial charge in [-0.05, 0) is 29.8 Å². The van der Waals surface area contributed by atoms with Crippen molar-refractivity contribution >= 4 is 11.6 Å². The normalized spacial score (nSPS) is 12.0. The smallest absolute Gasteiger partial charge is 0.312 e. The van der Waals surface area contributed by atoms with Crippen LogP contribution in [0.4, 0.5) is 0 Å². The van der Waals surface area contributed by atoms with Gasteiger partial charge in [-0.3, -0.25) is 9.78 Å². The molecule has 5 heteroatoms. The summed E-state index contributed by atoms with van der Waals surface area (Å²) in [5.41, 5.74) is 3.06. The Hall–Kier alpha value is -3.47. The molecule has 0 amide bonds. The Morgan fingerprint density at radius 1 is 1.00 bits per heavy atom. The van der Waals surface area contributed by atoms with Crippen molar-refractivity contribution in [1.82, 2.24) is 14.4 Å². The zero-order valence-electron chi connectivity index (χ0n) is 14.0. The summed E-state index contributed by atoms with van der Waals surface area (Å²) in [7, 11) is 0. The van der Waals surface area contributed by atoms with Gasteiger partial charge in [0.05, 0.1) is 17.8 Å². The summed E-state index contributed by atoms with van der Waals surface area (Å²) in [4.78, 5) is 21.4. The molecule has 0 bridgehead atoms. The Morgan fingerprint density at radius 2 is 1.81 bits per heavy atom. The van der Waals surface area contributed by atoms with Crippen molar-refractivity contribution in [2.75, 3.05) is 0 Å². The van der Waals surface area contributed by atoms with Gasteiger partial charge in [-0.15, -0.1) is 0 Å². The molecule has 1 aromatic carbocycles. The fraction of sp³-hybridized carbons (Fsp3) is 0.0952. The van der Waals surface area contributed by atoms with Crippen molar-refractivity contribution in [3.63, 3.8) is 0 Å². The van der Waals surface area contributed by atoms with Crippen molar-refractivity contribution in [3.8, 4) is 0 Å². The Kier molecular flexibility index (Phi) is 4.43. The first-order chi connectivity index (χ1) is 12.8. The number of aromatic nitrogens is 3. The highest BCUT2D eigenvalue weighted by Gasteiger charge is 2.20. The van der Waals surface area contributed by atoms with E-state index in [4.69, 9.17) is 4.74 Å². The molecule has 0 spiro atoms. The molecule has 3 heterocycles. The monoisotopic (exact) mass is 343 g/mol. The summed E-state index contributed by atoms with van der Waals surface area (Å²) < 4.78 is 7.66. The van der Waals surface area contributed by atoms with E-state index >= 15 is 0 Å². The van der Waals surface area contributed by atoms with Crippen LogP contribution in [0.2, 0.25) is 0 Å². The number of benzene rings is 1. The zero-order valence-corrected chi connectivity index (χ0v) is 14.0. The van der Waals surface area contributed by atoms with E-state index in [1.54, 1.807) is 6.20 Å². The number of fused-ring (bicyclic) bond motifs is 1. The molecule has 0 saturated carbocycles. The lowest BCUT2D eigenvalue weighted by Gasteiger charge is -2.17. The summed E-state index contributed by atoms with van der Waals surface area (Å²) >= 11 is 0. The van der Waals surface area contributed by atoms with Crippen LogP contribution in [-0.2, 0) is 16.0 Å². The molecule has 1 atom stereocenters. The van der Waals surface area contributed by atoms with Gasteiger partial charge in [-0.25, -0.2) is 4.98 Å². The van der Waals surface area contributed by atoms with E-state index in [0.717, 1.165) is 11.2 Å². The van der Waals surface area contributed by atoms with Crippen molar-refractivity contribution in [2.45, 2.75) is 12.5 Å². The predicted molar refractivity (Wildman–Crippen MR) is 97.5 cm³/mol. The predicted octanol–water partition coefficient (Wildman–Crippen LogP) is 3.60. The molecule has 0 fully saturated rings. The third-order valence-corrected chi connectivity index (χ3v) is 4.05. The molecule has 0 aliphatic carbocycles. The first-order valence-electron chi connectivity index (χ1n) is 8.37. The minimum atomic E-state index is -0.540. The van der Waals surface area contributed by atoms with Crippen molar-refractivity contribution in [1.29, 1.82) is 0 Å². The maximum atomic E-state index is 12.5. The Morgan fingerprint density at radius 3 is 2.58 bits per heavy atom. The van der Waals surface area contributed by atoms with Crippen LogP contribution in [0, 0.1) is 0 Å². The highest BCUT2D eigenvalue weighted by atomic mass is 16.5. The third kappa shape index (κ3) is 3.47. The maximum Gasteiger partial charge on any atom is 0.312 e. The molecule has 128 valence electrons. The van der Waals surface area contributed by atoms with Crippen LogP contribution in [0.3, 0.4) is 0 Å². The summed E-state index contributed by atoms with van der Waals surface area (Å²) in [5, 5.41) is 0. The highest BCUT2D eigenvalue weighted by molar-refractivity contribution is 5.73. The van der Waals surface area contributed by atoms with Gasteiger partial charge in [-0.2, -0.15) is 0 Å². The fourth-order valence-corrected chi connectivity index (χ4v) is 2.85.